The van der Waals surface area contributed by atoms with E-state index in [1.165, 1.54) is 23.1 Å². The monoisotopic (exact) mass is 389 g/mol. The highest BCUT2D eigenvalue weighted by Gasteiger charge is 2.27. The standard InChI is InChI=1S/C18H20FN5O2S/c19-16-2-1-14(24-4-3-20-18(24)26)9-15(16)17(25)23-7-5-22(6-8-23)10-13-11-27-12-21-13/h1-2,9,11-12H,3-8,10H2,(H,20,26). The second kappa shape index (κ2) is 7.61. The number of aromatic nitrogens is 1. The Balaban J connectivity index is 1.43. The SMILES string of the molecule is O=C(c1cc(N2CCNC2=O)ccc1F)N1CCN(Cc2cscn2)CC1. The average molecular weight is 389 g/mol. The Morgan fingerprint density at radius 1 is 1.22 bits per heavy atom. The van der Waals surface area contributed by atoms with Gasteiger partial charge in [-0.1, -0.05) is 0 Å². The Hall–Kier alpha value is -2.52. The van der Waals surface area contributed by atoms with Crippen LogP contribution in [-0.2, 0) is 6.54 Å². The van der Waals surface area contributed by atoms with Crippen LogP contribution >= 0.6 is 11.3 Å². The fourth-order valence-corrected chi connectivity index (χ4v) is 3.94. The van der Waals surface area contributed by atoms with Crippen LogP contribution in [0.5, 0.6) is 0 Å². The van der Waals surface area contributed by atoms with Crippen molar-refractivity contribution < 1.29 is 14.0 Å². The van der Waals surface area contributed by atoms with Crippen molar-refractivity contribution >= 4 is 29.0 Å². The zero-order valence-corrected chi connectivity index (χ0v) is 15.5. The van der Waals surface area contributed by atoms with Crippen LogP contribution in [0.25, 0.3) is 0 Å². The van der Waals surface area contributed by atoms with E-state index in [2.05, 4.69) is 15.2 Å². The molecule has 1 N–H and O–H groups in total. The first-order valence-corrected chi connectivity index (χ1v) is 9.80. The van der Waals surface area contributed by atoms with Gasteiger partial charge in [0, 0.05) is 56.9 Å². The van der Waals surface area contributed by atoms with Crippen LogP contribution in [0.3, 0.4) is 0 Å². The third kappa shape index (κ3) is 3.79. The molecule has 0 atom stereocenters. The van der Waals surface area contributed by atoms with E-state index in [4.69, 9.17) is 0 Å². The van der Waals surface area contributed by atoms with Gasteiger partial charge >= 0.3 is 6.03 Å². The smallest absolute Gasteiger partial charge is 0.321 e. The lowest BCUT2D eigenvalue weighted by Gasteiger charge is -2.34. The number of nitrogens with one attached hydrogen (secondary N) is 1. The minimum atomic E-state index is -0.562. The predicted octanol–water partition coefficient (Wildman–Crippen LogP) is 1.77. The first kappa shape index (κ1) is 17.9. The van der Waals surface area contributed by atoms with Gasteiger partial charge in [0.1, 0.15) is 5.82 Å². The zero-order chi connectivity index (χ0) is 18.8. The summed E-state index contributed by atoms with van der Waals surface area (Å²) in [6.45, 7) is 4.33. The summed E-state index contributed by atoms with van der Waals surface area (Å²) >= 11 is 1.57. The number of piperazine rings is 1. The number of halogens is 1. The molecular weight excluding hydrogens is 369 g/mol. The Morgan fingerprint density at radius 2 is 2.04 bits per heavy atom. The van der Waals surface area contributed by atoms with Crippen molar-refractivity contribution in [3.8, 4) is 0 Å². The van der Waals surface area contributed by atoms with E-state index >= 15 is 0 Å². The third-order valence-corrected chi connectivity index (χ3v) is 5.51. The van der Waals surface area contributed by atoms with E-state index in [0.717, 1.165) is 25.3 Å². The van der Waals surface area contributed by atoms with Gasteiger partial charge in [-0.3, -0.25) is 14.6 Å². The third-order valence-electron chi connectivity index (χ3n) is 4.88. The van der Waals surface area contributed by atoms with Crippen LogP contribution in [0.15, 0.2) is 29.1 Å². The summed E-state index contributed by atoms with van der Waals surface area (Å²) in [5, 5.41) is 4.73. The molecule has 2 aliphatic heterocycles. The maximum absolute atomic E-state index is 14.3. The Labute approximate surface area is 160 Å². The molecule has 2 saturated heterocycles. The molecule has 4 rings (SSSR count). The molecule has 0 spiro atoms. The molecule has 0 unspecified atom stereocenters. The van der Waals surface area contributed by atoms with E-state index in [-0.39, 0.29) is 17.5 Å². The van der Waals surface area contributed by atoms with Crippen molar-refractivity contribution in [2.24, 2.45) is 0 Å². The van der Waals surface area contributed by atoms with Crippen molar-refractivity contribution in [1.82, 2.24) is 20.1 Å². The van der Waals surface area contributed by atoms with Gasteiger partial charge in [0.2, 0.25) is 0 Å². The summed E-state index contributed by atoms with van der Waals surface area (Å²) in [7, 11) is 0. The summed E-state index contributed by atoms with van der Waals surface area (Å²) in [5.41, 5.74) is 3.39. The van der Waals surface area contributed by atoms with Gasteiger partial charge in [0.05, 0.1) is 16.8 Å². The highest BCUT2D eigenvalue weighted by molar-refractivity contribution is 7.07. The second-order valence-electron chi connectivity index (χ2n) is 6.60. The van der Waals surface area contributed by atoms with Crippen molar-refractivity contribution in [3.63, 3.8) is 0 Å². The molecule has 0 saturated carbocycles. The molecule has 0 bridgehead atoms. The number of hydrogen-bond acceptors (Lipinski definition) is 5. The van der Waals surface area contributed by atoms with Crippen LogP contribution in [0.1, 0.15) is 16.1 Å². The number of thiazole rings is 1. The minimum Gasteiger partial charge on any atom is -0.336 e. The lowest BCUT2D eigenvalue weighted by atomic mass is 10.1. The minimum absolute atomic E-state index is 0.0140. The first-order valence-electron chi connectivity index (χ1n) is 8.85. The number of anilines is 1. The van der Waals surface area contributed by atoms with Crippen LogP contribution in [0.4, 0.5) is 14.9 Å². The number of benzene rings is 1. The molecule has 9 heteroatoms. The van der Waals surface area contributed by atoms with E-state index in [1.807, 2.05) is 10.9 Å². The summed E-state index contributed by atoms with van der Waals surface area (Å²) in [5.74, 6) is -0.893. The second-order valence-corrected chi connectivity index (χ2v) is 7.31. The van der Waals surface area contributed by atoms with Crippen LogP contribution < -0.4 is 10.2 Å². The Morgan fingerprint density at radius 3 is 2.70 bits per heavy atom. The highest BCUT2D eigenvalue weighted by atomic mass is 32.1. The molecule has 1 aromatic heterocycles. The lowest BCUT2D eigenvalue weighted by molar-refractivity contribution is 0.0622. The van der Waals surface area contributed by atoms with Gasteiger partial charge in [-0.25, -0.2) is 14.2 Å². The lowest BCUT2D eigenvalue weighted by Crippen LogP contribution is -2.48. The van der Waals surface area contributed by atoms with E-state index in [9.17, 15) is 14.0 Å². The van der Waals surface area contributed by atoms with Gasteiger partial charge in [0.15, 0.2) is 0 Å². The maximum atomic E-state index is 14.3. The van der Waals surface area contributed by atoms with E-state index < -0.39 is 5.82 Å². The van der Waals surface area contributed by atoms with Crippen molar-refractivity contribution in [2.45, 2.75) is 6.54 Å². The van der Waals surface area contributed by atoms with E-state index in [0.29, 0.717) is 31.9 Å². The molecule has 2 aliphatic rings. The molecule has 2 fully saturated rings. The van der Waals surface area contributed by atoms with E-state index in [1.54, 1.807) is 16.2 Å². The predicted molar refractivity (Wildman–Crippen MR) is 100 cm³/mol. The topological polar surface area (TPSA) is 68.8 Å². The number of hydrogen-bond donors (Lipinski definition) is 1. The summed E-state index contributed by atoms with van der Waals surface area (Å²) in [6.07, 6.45) is 0. The number of carbonyl (C=O) groups excluding carboxylic acids is 2. The van der Waals surface area contributed by atoms with Crippen molar-refractivity contribution in [2.75, 3.05) is 44.2 Å². The molecule has 3 amide bonds. The van der Waals surface area contributed by atoms with Crippen LogP contribution in [-0.4, -0.2) is 66.0 Å². The molecule has 27 heavy (non-hydrogen) atoms. The summed E-state index contributed by atoms with van der Waals surface area (Å²) in [4.78, 5) is 34.4. The maximum Gasteiger partial charge on any atom is 0.321 e. The van der Waals surface area contributed by atoms with Gasteiger partial charge in [0.25, 0.3) is 5.91 Å². The largest absolute Gasteiger partial charge is 0.336 e. The van der Waals surface area contributed by atoms with Crippen molar-refractivity contribution in [1.29, 1.82) is 0 Å². The fraction of sp³-hybridized carbons (Fsp3) is 0.389. The van der Waals surface area contributed by atoms with Gasteiger partial charge in [-0.2, -0.15) is 0 Å². The molecule has 7 nitrogen and oxygen atoms in total. The zero-order valence-electron chi connectivity index (χ0n) is 14.7. The number of carbonyl (C=O) groups is 2. The number of nitrogens with zero attached hydrogens (tertiary/aromatic N) is 4. The summed E-state index contributed by atoms with van der Waals surface area (Å²) < 4.78 is 14.3. The molecule has 142 valence electrons. The van der Waals surface area contributed by atoms with Gasteiger partial charge in [-0.05, 0) is 18.2 Å². The normalized spacial score (nSPS) is 18.0. The molecule has 2 aromatic rings. The molecule has 0 aliphatic carbocycles. The summed E-state index contributed by atoms with van der Waals surface area (Å²) in [6, 6.07) is 4.04. The average Bonchev–Trinajstić information content (AvgIpc) is 3.34. The van der Waals surface area contributed by atoms with Gasteiger partial charge in [-0.15, -0.1) is 11.3 Å². The fourth-order valence-electron chi connectivity index (χ4n) is 3.39. The molecule has 1 aromatic carbocycles. The Bertz CT molecular complexity index is 836. The first-order chi connectivity index (χ1) is 13.1. The Kier molecular flexibility index (Phi) is 5.04. The molecule has 0 radical (unpaired) electrons. The number of rotatable bonds is 4. The quantitative estimate of drug-likeness (QED) is 0.865. The van der Waals surface area contributed by atoms with Gasteiger partial charge < -0.3 is 10.2 Å². The number of urea groups is 1. The number of amides is 3. The highest BCUT2D eigenvalue weighted by Crippen LogP contribution is 2.22. The molecular formula is C18H20FN5O2S. The van der Waals surface area contributed by atoms with Crippen LogP contribution in [0, 0.1) is 5.82 Å². The molecule has 3 heterocycles. The van der Waals surface area contributed by atoms with Crippen LogP contribution in [0.2, 0.25) is 0 Å². The van der Waals surface area contributed by atoms with Crippen molar-refractivity contribution in [3.05, 3.63) is 46.2 Å².